The monoisotopic (exact) mass is 284 g/mol. The Bertz CT molecular complexity index is 387. The van der Waals surface area contributed by atoms with Crippen molar-refractivity contribution in [3.63, 3.8) is 0 Å². The van der Waals surface area contributed by atoms with E-state index in [1.165, 1.54) is 16.7 Å². The summed E-state index contributed by atoms with van der Waals surface area (Å²) in [6.45, 7) is 8.59. The molecule has 0 radical (unpaired) electrons. The van der Waals surface area contributed by atoms with Crippen molar-refractivity contribution >= 4 is 15.6 Å². The molecule has 0 fully saturated rings. The van der Waals surface area contributed by atoms with Crippen LogP contribution in [0.1, 0.15) is 53.4 Å². The summed E-state index contributed by atoms with van der Waals surface area (Å²) < 4.78 is 10.9. The van der Waals surface area contributed by atoms with E-state index in [0.717, 1.165) is 25.7 Å². The lowest BCUT2D eigenvalue weighted by Gasteiger charge is -2.00. The fourth-order valence-electron chi connectivity index (χ4n) is 1.58. The van der Waals surface area contributed by atoms with Gasteiger partial charge in [-0.2, -0.15) is 0 Å². The van der Waals surface area contributed by atoms with Crippen LogP contribution in [0.15, 0.2) is 34.9 Å². The van der Waals surface area contributed by atoms with E-state index >= 15 is 0 Å². The highest BCUT2D eigenvalue weighted by Gasteiger charge is 1.92. The lowest BCUT2D eigenvalue weighted by molar-refractivity contribution is 0.599. The average molecular weight is 284 g/mol. The lowest BCUT2D eigenvalue weighted by atomic mass is 10.1. The fourth-order valence-corrected chi connectivity index (χ4v) is 2.33. The SMILES string of the molecule is CC(C)=CCC/C(C)=C/CC/C(C)=C/CP(=O)=P. The van der Waals surface area contributed by atoms with Gasteiger partial charge in [0.1, 0.15) is 7.09 Å². The molecule has 0 N–H and O–H groups in total. The Morgan fingerprint density at radius 2 is 1.44 bits per heavy atom. The fraction of sp³-hybridized carbons (Fsp3) is 0.600. The van der Waals surface area contributed by atoms with Crippen LogP contribution in [0.25, 0.3) is 0 Å². The van der Waals surface area contributed by atoms with Gasteiger partial charge in [-0.15, -0.1) is 0 Å². The highest BCUT2D eigenvalue weighted by molar-refractivity contribution is 7.78. The summed E-state index contributed by atoms with van der Waals surface area (Å²) in [6.07, 6.45) is 11.8. The number of hydrogen-bond acceptors (Lipinski definition) is 1. The standard InChI is InChI=1S/C15H26OP2/c1-13(2)7-5-8-14(3)9-6-10-15(4)11-12-18(16)17/h7,9,11,17H,5-6,8,10,12H2,1-4H3/b14-9+,15-11+. The van der Waals surface area contributed by atoms with Crippen LogP contribution in [-0.2, 0) is 4.57 Å². The van der Waals surface area contributed by atoms with Crippen molar-refractivity contribution in [1.82, 2.24) is 0 Å². The summed E-state index contributed by atoms with van der Waals surface area (Å²) in [4.78, 5) is 0. The molecule has 0 aromatic carbocycles. The van der Waals surface area contributed by atoms with E-state index in [0.29, 0.717) is 6.16 Å². The quantitative estimate of drug-likeness (QED) is 0.378. The lowest BCUT2D eigenvalue weighted by Crippen LogP contribution is -1.81. The molecule has 3 heteroatoms. The Morgan fingerprint density at radius 1 is 0.944 bits per heavy atom. The van der Waals surface area contributed by atoms with Crippen molar-refractivity contribution in [2.75, 3.05) is 6.16 Å². The van der Waals surface area contributed by atoms with Crippen molar-refractivity contribution in [3.8, 4) is 0 Å². The normalized spacial score (nSPS) is 13.4. The smallest absolute Gasteiger partial charge is 0.120 e. The van der Waals surface area contributed by atoms with E-state index in [-0.39, 0.29) is 0 Å². The van der Waals surface area contributed by atoms with E-state index in [9.17, 15) is 4.57 Å². The van der Waals surface area contributed by atoms with Crippen molar-refractivity contribution in [2.24, 2.45) is 0 Å². The van der Waals surface area contributed by atoms with Gasteiger partial charge in [-0.1, -0.05) is 43.5 Å². The number of hydrogen-bond donors (Lipinski definition) is 0. The maximum atomic E-state index is 10.9. The summed E-state index contributed by atoms with van der Waals surface area (Å²) in [5, 5.41) is 0. The summed E-state index contributed by atoms with van der Waals surface area (Å²) in [6, 6.07) is 0. The van der Waals surface area contributed by atoms with Gasteiger partial charge in [0.05, 0.1) is 0 Å². The first kappa shape index (κ1) is 17.6. The first-order valence-electron chi connectivity index (χ1n) is 6.52. The molecule has 1 nitrogen and oxygen atoms in total. The second-order valence-corrected chi connectivity index (χ2v) is 7.64. The zero-order valence-corrected chi connectivity index (χ0v) is 14.0. The van der Waals surface area contributed by atoms with Gasteiger partial charge in [-0.25, -0.2) is 0 Å². The summed E-state index contributed by atoms with van der Waals surface area (Å²) in [5.74, 6) is 0. The Labute approximate surface area is 115 Å². The van der Waals surface area contributed by atoms with Gasteiger partial charge in [0.15, 0.2) is 0 Å². The summed E-state index contributed by atoms with van der Waals surface area (Å²) >= 11 is 0. The van der Waals surface area contributed by atoms with Crippen LogP contribution >= 0.6 is 15.6 Å². The summed E-state index contributed by atoms with van der Waals surface area (Å²) in [5.41, 5.74) is 4.18. The van der Waals surface area contributed by atoms with Crippen molar-refractivity contribution in [1.29, 1.82) is 0 Å². The zero-order chi connectivity index (χ0) is 14.0. The molecule has 0 bridgehead atoms. The Balaban J connectivity index is 3.93. The van der Waals surface area contributed by atoms with Crippen LogP contribution in [0, 0.1) is 0 Å². The largest absolute Gasteiger partial charge is 0.278 e. The van der Waals surface area contributed by atoms with E-state index in [4.69, 9.17) is 0 Å². The molecule has 0 aliphatic heterocycles. The molecule has 0 aromatic rings. The van der Waals surface area contributed by atoms with Crippen LogP contribution in [-0.4, -0.2) is 6.16 Å². The third-order valence-electron chi connectivity index (χ3n) is 2.73. The van der Waals surface area contributed by atoms with E-state index < -0.39 is 7.09 Å². The molecule has 0 heterocycles. The van der Waals surface area contributed by atoms with E-state index in [2.05, 4.69) is 54.4 Å². The molecule has 0 aliphatic rings. The van der Waals surface area contributed by atoms with Gasteiger partial charge in [-0.05, 0) is 53.4 Å². The third-order valence-corrected chi connectivity index (χ3v) is 3.79. The predicted octanol–water partition coefficient (Wildman–Crippen LogP) is 6.29. The molecule has 0 amide bonds. The highest BCUT2D eigenvalue weighted by atomic mass is 31.7. The molecule has 18 heavy (non-hydrogen) atoms. The van der Waals surface area contributed by atoms with Crippen LogP contribution in [0.2, 0.25) is 0 Å². The van der Waals surface area contributed by atoms with E-state index in [1.54, 1.807) is 0 Å². The maximum Gasteiger partial charge on any atom is 0.120 e. The van der Waals surface area contributed by atoms with E-state index in [1.807, 2.05) is 0 Å². The molecule has 1 atom stereocenters. The topological polar surface area (TPSA) is 17.1 Å². The van der Waals surface area contributed by atoms with Gasteiger partial charge in [0, 0.05) is 6.16 Å². The third kappa shape index (κ3) is 12.1. The second kappa shape index (κ2) is 10.5. The molecular formula is C15H26OP2. The Morgan fingerprint density at radius 3 is 1.94 bits per heavy atom. The molecule has 0 spiro atoms. The Hall–Kier alpha value is -0.380. The average Bonchev–Trinajstić information content (AvgIpc) is 2.25. The van der Waals surface area contributed by atoms with Crippen molar-refractivity contribution < 1.29 is 4.57 Å². The van der Waals surface area contributed by atoms with Gasteiger partial charge < -0.3 is 0 Å². The first-order chi connectivity index (χ1) is 8.41. The van der Waals surface area contributed by atoms with Crippen LogP contribution in [0.3, 0.4) is 0 Å². The van der Waals surface area contributed by atoms with Gasteiger partial charge in [0.2, 0.25) is 0 Å². The molecule has 0 rings (SSSR count). The minimum absolute atomic E-state index is 0.640. The molecule has 1 unspecified atom stereocenters. The molecule has 0 aromatic heterocycles. The van der Waals surface area contributed by atoms with Crippen molar-refractivity contribution in [2.45, 2.75) is 53.4 Å². The van der Waals surface area contributed by atoms with Gasteiger partial charge >= 0.3 is 0 Å². The Kier molecular flexibility index (Phi) is 10.3. The van der Waals surface area contributed by atoms with Gasteiger partial charge in [0.25, 0.3) is 0 Å². The number of allylic oxidation sites excluding steroid dienone is 6. The first-order valence-corrected chi connectivity index (χ1v) is 9.31. The van der Waals surface area contributed by atoms with Crippen LogP contribution < -0.4 is 0 Å². The molecular weight excluding hydrogens is 258 g/mol. The maximum absolute atomic E-state index is 10.9. The van der Waals surface area contributed by atoms with Crippen molar-refractivity contribution in [3.05, 3.63) is 34.9 Å². The van der Waals surface area contributed by atoms with Crippen LogP contribution in [0.5, 0.6) is 0 Å². The summed E-state index contributed by atoms with van der Waals surface area (Å²) in [7, 11) is 1.91. The molecule has 0 saturated carbocycles. The van der Waals surface area contributed by atoms with Crippen LogP contribution in [0.4, 0.5) is 0 Å². The highest BCUT2D eigenvalue weighted by Crippen LogP contribution is 2.15. The second-order valence-electron chi connectivity index (χ2n) is 5.02. The minimum Gasteiger partial charge on any atom is -0.278 e. The zero-order valence-electron chi connectivity index (χ0n) is 12.1. The minimum atomic E-state index is -1.22. The molecule has 0 aliphatic carbocycles. The van der Waals surface area contributed by atoms with Gasteiger partial charge in [-0.3, -0.25) is 4.57 Å². The molecule has 0 saturated heterocycles. The number of rotatable bonds is 8. The predicted molar refractivity (Wildman–Crippen MR) is 86.2 cm³/mol. The molecule has 102 valence electrons.